The molecular formula is C14H21NO3. The first-order valence-electron chi connectivity index (χ1n) is 5.89. The molecule has 4 heteroatoms. The van der Waals surface area contributed by atoms with Crippen LogP contribution in [0.4, 0.5) is 0 Å². The Kier molecular flexibility index (Phi) is 4.73. The number of nitrogens with two attached hydrogens (primary N) is 1. The van der Waals surface area contributed by atoms with Crippen molar-refractivity contribution in [1.82, 2.24) is 0 Å². The van der Waals surface area contributed by atoms with E-state index in [1.54, 1.807) is 32.4 Å². The molecule has 100 valence electrons. The highest BCUT2D eigenvalue weighted by Crippen LogP contribution is 2.28. The lowest BCUT2D eigenvalue weighted by molar-refractivity contribution is 0.0931. The van der Waals surface area contributed by atoms with Crippen LogP contribution in [-0.2, 0) is 0 Å². The number of ether oxygens (including phenoxy) is 2. The van der Waals surface area contributed by atoms with E-state index in [9.17, 15) is 4.79 Å². The Hall–Kier alpha value is -1.55. The lowest BCUT2D eigenvalue weighted by atomic mass is 9.85. The highest BCUT2D eigenvalue weighted by atomic mass is 16.5. The van der Waals surface area contributed by atoms with Crippen molar-refractivity contribution in [1.29, 1.82) is 0 Å². The van der Waals surface area contributed by atoms with Gasteiger partial charge >= 0.3 is 0 Å². The zero-order chi connectivity index (χ0) is 13.8. The Morgan fingerprint density at radius 1 is 1.28 bits per heavy atom. The van der Waals surface area contributed by atoms with Gasteiger partial charge in [0.25, 0.3) is 0 Å². The third-order valence-corrected chi connectivity index (χ3v) is 2.90. The summed E-state index contributed by atoms with van der Waals surface area (Å²) in [6, 6.07) is 5.21. The molecule has 0 radical (unpaired) electrons. The maximum Gasteiger partial charge on any atom is 0.167 e. The maximum atomic E-state index is 12.3. The molecule has 0 aliphatic rings. The molecule has 0 amide bonds. The highest BCUT2D eigenvalue weighted by molar-refractivity contribution is 5.99. The Balaban J connectivity index is 3.03. The van der Waals surface area contributed by atoms with Crippen LogP contribution in [0, 0.1) is 5.41 Å². The molecular weight excluding hydrogens is 230 g/mol. The fraction of sp³-hybridized carbons (Fsp3) is 0.500. The van der Waals surface area contributed by atoms with Gasteiger partial charge in [0.15, 0.2) is 5.78 Å². The number of carbonyl (C=O) groups excluding carboxylic acids is 1. The third kappa shape index (κ3) is 3.47. The Morgan fingerprint density at radius 3 is 2.44 bits per heavy atom. The smallest absolute Gasteiger partial charge is 0.167 e. The summed E-state index contributed by atoms with van der Waals surface area (Å²) in [6.07, 6.45) is 0.382. The second-order valence-electron chi connectivity index (χ2n) is 5.03. The van der Waals surface area contributed by atoms with E-state index < -0.39 is 0 Å². The van der Waals surface area contributed by atoms with Gasteiger partial charge in [-0.15, -0.1) is 0 Å². The number of ketones is 1. The van der Waals surface area contributed by atoms with Crippen molar-refractivity contribution in [3.05, 3.63) is 23.8 Å². The monoisotopic (exact) mass is 251 g/mol. The first kappa shape index (κ1) is 14.5. The van der Waals surface area contributed by atoms with E-state index in [2.05, 4.69) is 0 Å². The van der Waals surface area contributed by atoms with Gasteiger partial charge in [0.05, 0.1) is 19.8 Å². The lowest BCUT2D eigenvalue weighted by Crippen LogP contribution is -2.26. The molecule has 0 bridgehead atoms. The third-order valence-electron chi connectivity index (χ3n) is 2.90. The molecule has 0 aliphatic heterocycles. The molecule has 0 aromatic heterocycles. The van der Waals surface area contributed by atoms with Crippen molar-refractivity contribution in [3.63, 3.8) is 0 Å². The topological polar surface area (TPSA) is 61.5 Å². The molecule has 0 saturated carbocycles. The van der Waals surface area contributed by atoms with Gasteiger partial charge in [-0.2, -0.15) is 0 Å². The fourth-order valence-corrected chi connectivity index (χ4v) is 1.63. The molecule has 1 aromatic carbocycles. The average Bonchev–Trinajstić information content (AvgIpc) is 2.37. The lowest BCUT2D eigenvalue weighted by Gasteiger charge is -2.21. The fourth-order valence-electron chi connectivity index (χ4n) is 1.63. The van der Waals surface area contributed by atoms with Crippen LogP contribution in [-0.4, -0.2) is 26.5 Å². The Labute approximate surface area is 108 Å². The summed E-state index contributed by atoms with van der Waals surface area (Å²) in [5.41, 5.74) is 5.97. The van der Waals surface area contributed by atoms with E-state index in [0.717, 1.165) is 0 Å². The van der Waals surface area contributed by atoms with Crippen molar-refractivity contribution < 1.29 is 14.3 Å². The Bertz CT molecular complexity index is 427. The molecule has 2 N–H and O–H groups in total. The van der Waals surface area contributed by atoms with Gasteiger partial charge in [0, 0.05) is 6.42 Å². The summed E-state index contributed by atoms with van der Waals surface area (Å²) in [5, 5.41) is 0. The van der Waals surface area contributed by atoms with Crippen molar-refractivity contribution in [2.24, 2.45) is 11.1 Å². The molecule has 0 atom stereocenters. The minimum absolute atomic E-state index is 0.0150. The van der Waals surface area contributed by atoms with Crippen molar-refractivity contribution >= 4 is 5.78 Å². The summed E-state index contributed by atoms with van der Waals surface area (Å²) in [7, 11) is 3.12. The molecule has 4 nitrogen and oxygen atoms in total. The van der Waals surface area contributed by atoms with Gasteiger partial charge in [-0.05, 0) is 30.2 Å². The van der Waals surface area contributed by atoms with Gasteiger partial charge in [-0.3, -0.25) is 4.79 Å². The molecule has 0 fully saturated rings. The predicted molar refractivity (Wildman–Crippen MR) is 71.3 cm³/mol. The highest BCUT2D eigenvalue weighted by Gasteiger charge is 2.23. The first-order chi connectivity index (χ1) is 8.43. The largest absolute Gasteiger partial charge is 0.497 e. The first-order valence-corrected chi connectivity index (χ1v) is 5.89. The summed E-state index contributed by atoms with van der Waals surface area (Å²) >= 11 is 0. The summed E-state index contributed by atoms with van der Waals surface area (Å²) < 4.78 is 10.3. The number of methoxy groups -OCH3 is 2. The van der Waals surface area contributed by atoms with Crippen LogP contribution in [0.1, 0.15) is 30.6 Å². The van der Waals surface area contributed by atoms with E-state index in [4.69, 9.17) is 15.2 Å². The normalized spacial score (nSPS) is 11.2. The molecule has 1 aromatic rings. The van der Waals surface area contributed by atoms with Crippen LogP contribution in [0.25, 0.3) is 0 Å². The van der Waals surface area contributed by atoms with Crippen LogP contribution in [0.15, 0.2) is 18.2 Å². The standard InChI is InChI=1S/C14H21NO3/c1-14(2,9-15)8-12(16)11-7-10(17-3)5-6-13(11)18-4/h5-7H,8-9,15H2,1-4H3. The molecule has 0 heterocycles. The number of Topliss-reactive ketones (excluding diaryl/α,β-unsaturated/α-hetero) is 1. The van der Waals surface area contributed by atoms with E-state index >= 15 is 0 Å². The number of benzene rings is 1. The second kappa shape index (κ2) is 5.87. The Morgan fingerprint density at radius 2 is 1.94 bits per heavy atom. The molecule has 0 spiro atoms. The molecule has 1 rings (SSSR count). The minimum atomic E-state index is -0.217. The van der Waals surface area contributed by atoms with Gasteiger partial charge < -0.3 is 15.2 Å². The maximum absolute atomic E-state index is 12.3. The van der Waals surface area contributed by atoms with E-state index in [0.29, 0.717) is 30.0 Å². The van der Waals surface area contributed by atoms with Gasteiger partial charge in [-0.25, -0.2) is 0 Å². The van der Waals surface area contributed by atoms with Crippen molar-refractivity contribution in [2.75, 3.05) is 20.8 Å². The molecule has 18 heavy (non-hydrogen) atoms. The van der Waals surface area contributed by atoms with Crippen molar-refractivity contribution in [2.45, 2.75) is 20.3 Å². The van der Waals surface area contributed by atoms with Crippen LogP contribution >= 0.6 is 0 Å². The minimum Gasteiger partial charge on any atom is -0.497 e. The van der Waals surface area contributed by atoms with Gasteiger partial charge in [0.2, 0.25) is 0 Å². The predicted octanol–water partition coefficient (Wildman–Crippen LogP) is 2.26. The average molecular weight is 251 g/mol. The van der Waals surface area contributed by atoms with Crippen LogP contribution in [0.2, 0.25) is 0 Å². The van der Waals surface area contributed by atoms with Gasteiger partial charge in [0.1, 0.15) is 11.5 Å². The summed E-state index contributed by atoms with van der Waals surface area (Å²) in [4.78, 5) is 12.3. The number of rotatable bonds is 6. The zero-order valence-corrected chi connectivity index (χ0v) is 11.4. The van der Waals surface area contributed by atoms with E-state index in [1.807, 2.05) is 13.8 Å². The molecule has 0 saturated heterocycles. The quantitative estimate of drug-likeness (QED) is 0.788. The SMILES string of the molecule is COc1ccc(OC)c(C(=O)CC(C)(C)CN)c1. The van der Waals surface area contributed by atoms with Crippen LogP contribution < -0.4 is 15.2 Å². The molecule has 0 aliphatic carbocycles. The van der Waals surface area contributed by atoms with E-state index in [1.165, 1.54) is 0 Å². The summed E-state index contributed by atoms with van der Waals surface area (Å²) in [5.74, 6) is 1.22. The zero-order valence-electron chi connectivity index (χ0n) is 11.4. The van der Waals surface area contributed by atoms with E-state index in [-0.39, 0.29) is 11.2 Å². The van der Waals surface area contributed by atoms with Crippen LogP contribution in [0.5, 0.6) is 11.5 Å². The van der Waals surface area contributed by atoms with Crippen molar-refractivity contribution in [3.8, 4) is 11.5 Å². The number of hydrogen-bond acceptors (Lipinski definition) is 4. The summed E-state index contributed by atoms with van der Waals surface area (Å²) in [6.45, 7) is 4.40. The van der Waals surface area contributed by atoms with Gasteiger partial charge in [-0.1, -0.05) is 13.8 Å². The van der Waals surface area contributed by atoms with Crippen LogP contribution in [0.3, 0.4) is 0 Å². The molecule has 0 unspecified atom stereocenters. The number of hydrogen-bond donors (Lipinski definition) is 1. The number of carbonyl (C=O) groups is 1. The second-order valence-corrected chi connectivity index (χ2v) is 5.03.